The molecule has 1 saturated heterocycles. The number of nitrogens with two attached hydrogens (primary N) is 1. The van der Waals surface area contributed by atoms with Gasteiger partial charge in [-0.3, -0.25) is 4.90 Å². The number of rotatable bonds is 2. The molecule has 0 amide bonds. The van der Waals surface area contributed by atoms with Gasteiger partial charge in [-0.25, -0.2) is 0 Å². The minimum Gasteiger partial charge on any atom is -0.399 e. The highest BCUT2D eigenvalue weighted by atomic mass is 35.5. The maximum atomic E-state index is 6.18. The van der Waals surface area contributed by atoms with Crippen molar-refractivity contribution in [2.24, 2.45) is 0 Å². The summed E-state index contributed by atoms with van der Waals surface area (Å²) in [7, 11) is 0. The molecule has 1 fully saturated rings. The Hall–Kier alpha value is -0.770. The van der Waals surface area contributed by atoms with E-state index in [0.717, 1.165) is 30.2 Å². The van der Waals surface area contributed by atoms with Crippen LogP contribution >= 0.6 is 11.6 Å². The Morgan fingerprint density at radius 2 is 2.00 bits per heavy atom. The normalized spacial score (nSPS) is 26.1. The van der Waals surface area contributed by atoms with Crippen LogP contribution in [0.15, 0.2) is 18.2 Å². The van der Waals surface area contributed by atoms with Gasteiger partial charge in [0.25, 0.3) is 0 Å². The number of hydrogen-bond donors (Lipinski definition) is 1. The maximum absolute atomic E-state index is 6.18. The summed E-state index contributed by atoms with van der Waals surface area (Å²) in [6, 6.07) is 5.71. The Balaban J connectivity index is 2.04. The summed E-state index contributed by atoms with van der Waals surface area (Å²) in [6.45, 7) is 6.97. The van der Waals surface area contributed by atoms with Crippen LogP contribution in [0, 0.1) is 0 Å². The lowest BCUT2D eigenvalue weighted by atomic mass is 10.1. The molecular weight excluding hydrogens is 236 g/mol. The first-order valence-electron chi connectivity index (χ1n) is 5.96. The fourth-order valence-corrected chi connectivity index (χ4v) is 2.59. The van der Waals surface area contributed by atoms with Crippen molar-refractivity contribution in [3.63, 3.8) is 0 Å². The predicted octanol–water partition coefficient (Wildman–Crippen LogP) is 2.53. The average Bonchev–Trinajstić information content (AvgIpc) is 2.21. The van der Waals surface area contributed by atoms with E-state index in [1.165, 1.54) is 0 Å². The third kappa shape index (κ3) is 3.35. The van der Waals surface area contributed by atoms with Gasteiger partial charge in [-0.1, -0.05) is 17.7 Å². The lowest BCUT2D eigenvalue weighted by Crippen LogP contribution is -2.44. The zero-order valence-corrected chi connectivity index (χ0v) is 11.1. The molecule has 1 aliphatic heterocycles. The van der Waals surface area contributed by atoms with Crippen molar-refractivity contribution in [2.45, 2.75) is 32.6 Å². The molecule has 0 aliphatic carbocycles. The summed E-state index contributed by atoms with van der Waals surface area (Å²) in [5.41, 5.74) is 7.52. The van der Waals surface area contributed by atoms with Crippen LogP contribution in [-0.2, 0) is 11.3 Å². The second-order valence-electron chi connectivity index (χ2n) is 4.80. The number of halogens is 1. The molecule has 0 saturated carbocycles. The topological polar surface area (TPSA) is 38.5 Å². The molecule has 1 aromatic carbocycles. The Kier molecular flexibility index (Phi) is 3.92. The summed E-state index contributed by atoms with van der Waals surface area (Å²) >= 11 is 6.18. The highest BCUT2D eigenvalue weighted by Gasteiger charge is 2.22. The van der Waals surface area contributed by atoms with E-state index in [2.05, 4.69) is 18.7 Å². The minimum atomic E-state index is 0.284. The molecule has 2 N–H and O–H groups in total. The minimum absolute atomic E-state index is 0.284. The Morgan fingerprint density at radius 1 is 1.35 bits per heavy atom. The lowest BCUT2D eigenvalue weighted by Gasteiger charge is -2.35. The molecule has 2 atom stereocenters. The van der Waals surface area contributed by atoms with Crippen LogP contribution < -0.4 is 5.73 Å². The second-order valence-corrected chi connectivity index (χ2v) is 5.21. The van der Waals surface area contributed by atoms with Crippen LogP contribution in [-0.4, -0.2) is 30.2 Å². The number of hydrogen-bond acceptors (Lipinski definition) is 3. The molecule has 4 heteroatoms. The zero-order valence-electron chi connectivity index (χ0n) is 10.3. The van der Waals surface area contributed by atoms with Crippen molar-refractivity contribution in [1.29, 1.82) is 0 Å². The van der Waals surface area contributed by atoms with Gasteiger partial charge in [0, 0.05) is 30.3 Å². The van der Waals surface area contributed by atoms with Gasteiger partial charge in [0.15, 0.2) is 0 Å². The van der Waals surface area contributed by atoms with Crippen LogP contribution in [0.5, 0.6) is 0 Å². The first kappa shape index (κ1) is 12.7. The smallest absolute Gasteiger partial charge is 0.0678 e. The maximum Gasteiger partial charge on any atom is 0.0678 e. The summed E-state index contributed by atoms with van der Waals surface area (Å²) < 4.78 is 5.71. The standard InChI is InChI=1S/C13H19ClN2O/c1-9-6-16(7-10(2)17-9)8-11-3-4-12(15)5-13(11)14/h3-5,9-10H,6-8,15H2,1-2H3. The highest BCUT2D eigenvalue weighted by molar-refractivity contribution is 6.31. The average molecular weight is 255 g/mol. The van der Waals surface area contributed by atoms with Crippen LogP contribution in [0.2, 0.25) is 5.02 Å². The zero-order chi connectivity index (χ0) is 12.4. The number of morpholine rings is 1. The van der Waals surface area contributed by atoms with Gasteiger partial charge >= 0.3 is 0 Å². The summed E-state index contributed by atoms with van der Waals surface area (Å²) in [4.78, 5) is 2.37. The van der Waals surface area contributed by atoms with E-state index < -0.39 is 0 Å². The van der Waals surface area contributed by atoms with Gasteiger partial charge in [-0.2, -0.15) is 0 Å². The van der Waals surface area contributed by atoms with E-state index >= 15 is 0 Å². The van der Waals surface area contributed by atoms with Gasteiger partial charge in [0.1, 0.15) is 0 Å². The summed E-state index contributed by atoms with van der Waals surface area (Å²) in [5.74, 6) is 0. The fraction of sp³-hybridized carbons (Fsp3) is 0.538. The fourth-order valence-electron chi connectivity index (χ4n) is 2.35. The molecule has 2 unspecified atom stereocenters. The summed E-state index contributed by atoms with van der Waals surface area (Å²) in [5, 5.41) is 0.747. The molecule has 1 aromatic rings. The molecular formula is C13H19ClN2O. The van der Waals surface area contributed by atoms with E-state index in [1.54, 1.807) is 0 Å². The van der Waals surface area contributed by atoms with Gasteiger partial charge in [-0.05, 0) is 31.5 Å². The number of ether oxygens (including phenoxy) is 1. The number of benzene rings is 1. The van der Waals surface area contributed by atoms with Crippen LogP contribution in [0.3, 0.4) is 0 Å². The molecule has 0 bridgehead atoms. The molecule has 2 rings (SSSR count). The van der Waals surface area contributed by atoms with Crippen LogP contribution in [0.1, 0.15) is 19.4 Å². The van der Waals surface area contributed by atoms with Gasteiger partial charge in [-0.15, -0.1) is 0 Å². The largest absolute Gasteiger partial charge is 0.399 e. The second kappa shape index (κ2) is 5.25. The third-order valence-electron chi connectivity index (χ3n) is 2.97. The Morgan fingerprint density at radius 3 is 2.59 bits per heavy atom. The Labute approximate surface area is 107 Å². The van der Waals surface area contributed by atoms with Crippen molar-refractivity contribution in [3.05, 3.63) is 28.8 Å². The summed E-state index contributed by atoms with van der Waals surface area (Å²) in [6.07, 6.45) is 0.567. The van der Waals surface area contributed by atoms with Gasteiger partial charge in [0.2, 0.25) is 0 Å². The first-order valence-corrected chi connectivity index (χ1v) is 6.34. The molecule has 1 aliphatic rings. The van der Waals surface area contributed by atoms with Gasteiger partial charge in [0.05, 0.1) is 12.2 Å². The van der Waals surface area contributed by atoms with Crippen molar-refractivity contribution < 1.29 is 4.74 Å². The van der Waals surface area contributed by atoms with E-state index in [1.807, 2.05) is 18.2 Å². The van der Waals surface area contributed by atoms with Crippen molar-refractivity contribution in [3.8, 4) is 0 Å². The van der Waals surface area contributed by atoms with Crippen molar-refractivity contribution in [1.82, 2.24) is 4.90 Å². The van der Waals surface area contributed by atoms with Crippen LogP contribution in [0.4, 0.5) is 5.69 Å². The van der Waals surface area contributed by atoms with Gasteiger partial charge < -0.3 is 10.5 Å². The molecule has 1 heterocycles. The van der Waals surface area contributed by atoms with E-state index in [4.69, 9.17) is 22.1 Å². The van der Waals surface area contributed by atoms with Crippen molar-refractivity contribution in [2.75, 3.05) is 18.8 Å². The monoisotopic (exact) mass is 254 g/mol. The van der Waals surface area contributed by atoms with E-state index in [-0.39, 0.29) is 12.2 Å². The number of anilines is 1. The Bertz CT molecular complexity index is 387. The SMILES string of the molecule is CC1CN(Cc2ccc(N)cc2Cl)CC(C)O1. The highest BCUT2D eigenvalue weighted by Crippen LogP contribution is 2.22. The van der Waals surface area contributed by atoms with E-state index in [9.17, 15) is 0 Å². The lowest BCUT2D eigenvalue weighted by molar-refractivity contribution is -0.0704. The molecule has 17 heavy (non-hydrogen) atoms. The quantitative estimate of drug-likeness (QED) is 0.825. The molecule has 0 spiro atoms. The number of nitrogens with zero attached hydrogens (tertiary/aromatic N) is 1. The first-order chi connectivity index (χ1) is 8.04. The number of nitrogen functional groups attached to an aromatic ring is 1. The molecule has 3 nitrogen and oxygen atoms in total. The molecule has 0 aromatic heterocycles. The van der Waals surface area contributed by atoms with E-state index in [0.29, 0.717) is 5.69 Å². The predicted molar refractivity (Wildman–Crippen MR) is 71.2 cm³/mol. The molecule has 94 valence electrons. The van der Waals surface area contributed by atoms with Crippen molar-refractivity contribution >= 4 is 17.3 Å². The van der Waals surface area contributed by atoms with Crippen LogP contribution in [0.25, 0.3) is 0 Å². The third-order valence-corrected chi connectivity index (χ3v) is 3.32. The molecule has 0 radical (unpaired) electrons.